The van der Waals surface area contributed by atoms with Gasteiger partial charge in [0.1, 0.15) is 0 Å². The fraction of sp³-hybridized carbons (Fsp3) is 0.176. The molecule has 3 rings (SSSR count). The van der Waals surface area contributed by atoms with Crippen LogP contribution in [0.1, 0.15) is 18.2 Å². The molecule has 0 unspecified atom stereocenters. The van der Waals surface area contributed by atoms with E-state index in [1.165, 1.54) is 19.3 Å². The molecule has 1 aromatic carbocycles. The predicted octanol–water partition coefficient (Wildman–Crippen LogP) is 3.98. The standard InChI is InChI=1S/C17H15N3O4/c1-9-6-12-13(17-16(20(22)23)4-5-24-17)7-10(2)18-15(12)8-14(9)19-11(3)21/h4-8H,1-3H3,(H,19,21). The fourth-order valence-electron chi connectivity index (χ4n) is 2.67. The molecule has 0 radical (unpaired) electrons. The molecule has 0 fully saturated rings. The Morgan fingerprint density at radius 2 is 2.04 bits per heavy atom. The Balaban J connectivity index is 2.29. The number of furan rings is 1. The molecule has 0 aliphatic rings. The first-order chi connectivity index (χ1) is 11.4. The van der Waals surface area contributed by atoms with Gasteiger partial charge >= 0.3 is 5.69 Å². The number of nitrogens with one attached hydrogen (secondary N) is 1. The average Bonchev–Trinajstić information content (AvgIpc) is 2.97. The normalized spacial score (nSPS) is 10.8. The summed E-state index contributed by atoms with van der Waals surface area (Å²) in [6, 6.07) is 6.69. The van der Waals surface area contributed by atoms with Gasteiger partial charge in [0.25, 0.3) is 0 Å². The number of carbonyl (C=O) groups is 1. The molecule has 1 N–H and O–H groups in total. The minimum atomic E-state index is -0.473. The molecule has 0 bridgehead atoms. The minimum absolute atomic E-state index is 0.0921. The number of hydrogen-bond donors (Lipinski definition) is 1. The van der Waals surface area contributed by atoms with Gasteiger partial charge in [-0.3, -0.25) is 19.9 Å². The summed E-state index contributed by atoms with van der Waals surface area (Å²) < 4.78 is 5.37. The number of carbonyl (C=O) groups excluding carboxylic acids is 1. The van der Waals surface area contributed by atoms with E-state index in [4.69, 9.17) is 4.42 Å². The second-order valence-corrected chi connectivity index (χ2v) is 5.57. The lowest BCUT2D eigenvalue weighted by molar-refractivity contribution is -0.384. The predicted molar refractivity (Wildman–Crippen MR) is 89.9 cm³/mol. The van der Waals surface area contributed by atoms with Crippen molar-refractivity contribution < 1.29 is 14.1 Å². The van der Waals surface area contributed by atoms with Crippen molar-refractivity contribution in [1.82, 2.24) is 4.98 Å². The monoisotopic (exact) mass is 325 g/mol. The van der Waals surface area contributed by atoms with Crippen LogP contribution in [0.25, 0.3) is 22.2 Å². The summed E-state index contributed by atoms with van der Waals surface area (Å²) in [5.41, 5.74) is 3.33. The van der Waals surface area contributed by atoms with E-state index in [-0.39, 0.29) is 17.4 Å². The van der Waals surface area contributed by atoms with Gasteiger partial charge in [0.15, 0.2) is 0 Å². The van der Waals surface area contributed by atoms with E-state index in [0.717, 1.165) is 10.9 Å². The minimum Gasteiger partial charge on any atom is -0.457 e. The van der Waals surface area contributed by atoms with Crippen molar-refractivity contribution in [2.75, 3.05) is 5.32 Å². The molecule has 122 valence electrons. The van der Waals surface area contributed by atoms with Gasteiger partial charge in [0.2, 0.25) is 11.7 Å². The highest BCUT2D eigenvalue weighted by atomic mass is 16.6. The van der Waals surface area contributed by atoms with Crippen LogP contribution in [0.15, 0.2) is 34.9 Å². The number of hydrogen-bond acceptors (Lipinski definition) is 5. The number of rotatable bonds is 3. The number of nitrogens with zero attached hydrogens (tertiary/aromatic N) is 2. The second kappa shape index (κ2) is 5.77. The zero-order chi connectivity index (χ0) is 17.4. The molecule has 0 saturated carbocycles. The van der Waals surface area contributed by atoms with Gasteiger partial charge in [-0.15, -0.1) is 0 Å². The Bertz CT molecular complexity index is 975. The van der Waals surface area contributed by atoms with Crippen molar-refractivity contribution in [2.45, 2.75) is 20.8 Å². The first kappa shape index (κ1) is 15.7. The Hall–Kier alpha value is -3.22. The number of aryl methyl sites for hydroxylation is 2. The van der Waals surface area contributed by atoms with Crippen LogP contribution >= 0.6 is 0 Å². The smallest absolute Gasteiger partial charge is 0.315 e. The maximum absolute atomic E-state index is 11.3. The van der Waals surface area contributed by atoms with Crippen molar-refractivity contribution in [2.24, 2.45) is 0 Å². The summed E-state index contributed by atoms with van der Waals surface area (Å²) in [7, 11) is 0. The number of nitro groups is 1. The van der Waals surface area contributed by atoms with E-state index in [9.17, 15) is 14.9 Å². The van der Waals surface area contributed by atoms with Gasteiger partial charge in [-0.1, -0.05) is 0 Å². The molecule has 7 nitrogen and oxygen atoms in total. The third-order valence-corrected chi connectivity index (χ3v) is 3.68. The Kier molecular flexibility index (Phi) is 3.76. The van der Waals surface area contributed by atoms with E-state index >= 15 is 0 Å². The van der Waals surface area contributed by atoms with Crippen LogP contribution < -0.4 is 5.32 Å². The van der Waals surface area contributed by atoms with E-state index in [2.05, 4.69) is 10.3 Å². The van der Waals surface area contributed by atoms with Gasteiger partial charge in [-0.2, -0.15) is 0 Å². The summed E-state index contributed by atoms with van der Waals surface area (Å²) in [4.78, 5) is 26.5. The molecule has 1 amide bonds. The SMILES string of the molecule is CC(=O)Nc1cc2nc(C)cc(-c3occc3[N+](=O)[O-])c2cc1C. The van der Waals surface area contributed by atoms with Crippen molar-refractivity contribution in [3.63, 3.8) is 0 Å². The molecular weight excluding hydrogens is 310 g/mol. The van der Waals surface area contributed by atoms with Crippen LogP contribution in [0.4, 0.5) is 11.4 Å². The Morgan fingerprint density at radius 1 is 1.29 bits per heavy atom. The van der Waals surface area contributed by atoms with Gasteiger partial charge in [-0.25, -0.2) is 0 Å². The highest BCUT2D eigenvalue weighted by molar-refractivity contribution is 5.99. The fourth-order valence-corrected chi connectivity index (χ4v) is 2.67. The highest BCUT2D eigenvalue weighted by Gasteiger charge is 2.22. The average molecular weight is 325 g/mol. The molecule has 2 heterocycles. The first-order valence-corrected chi connectivity index (χ1v) is 7.28. The molecule has 3 aromatic rings. The zero-order valence-corrected chi connectivity index (χ0v) is 13.4. The van der Waals surface area contributed by atoms with Gasteiger partial charge < -0.3 is 9.73 Å². The summed E-state index contributed by atoms with van der Waals surface area (Å²) in [6.45, 7) is 5.09. The number of amides is 1. The van der Waals surface area contributed by atoms with E-state index < -0.39 is 4.92 Å². The summed E-state index contributed by atoms with van der Waals surface area (Å²) in [5, 5.41) is 14.7. The molecule has 0 atom stereocenters. The third kappa shape index (κ3) is 2.71. The Labute approximate surface area is 137 Å². The van der Waals surface area contributed by atoms with Crippen molar-refractivity contribution >= 4 is 28.2 Å². The van der Waals surface area contributed by atoms with Crippen LogP contribution in [-0.2, 0) is 4.79 Å². The maximum Gasteiger partial charge on any atom is 0.315 e. The summed E-state index contributed by atoms with van der Waals surface area (Å²) in [6.07, 6.45) is 1.30. The topological polar surface area (TPSA) is 98.3 Å². The van der Waals surface area contributed by atoms with Crippen molar-refractivity contribution in [3.8, 4) is 11.3 Å². The molecule has 0 aliphatic carbocycles. The van der Waals surface area contributed by atoms with Crippen LogP contribution in [0, 0.1) is 24.0 Å². The molecule has 0 saturated heterocycles. The zero-order valence-electron chi connectivity index (χ0n) is 13.4. The van der Waals surface area contributed by atoms with Crippen LogP contribution in [-0.4, -0.2) is 15.8 Å². The largest absolute Gasteiger partial charge is 0.457 e. The number of benzene rings is 1. The summed E-state index contributed by atoms with van der Waals surface area (Å²) >= 11 is 0. The lowest BCUT2D eigenvalue weighted by atomic mass is 10.0. The first-order valence-electron chi connectivity index (χ1n) is 7.28. The number of pyridine rings is 1. The maximum atomic E-state index is 11.3. The molecule has 7 heteroatoms. The van der Waals surface area contributed by atoms with Gasteiger partial charge in [0, 0.05) is 29.3 Å². The van der Waals surface area contributed by atoms with Gasteiger partial charge in [-0.05, 0) is 37.6 Å². The number of aromatic nitrogens is 1. The number of anilines is 1. The number of fused-ring (bicyclic) bond motifs is 1. The van der Waals surface area contributed by atoms with Crippen LogP contribution in [0.3, 0.4) is 0 Å². The van der Waals surface area contributed by atoms with Crippen molar-refractivity contribution in [1.29, 1.82) is 0 Å². The van der Waals surface area contributed by atoms with Crippen LogP contribution in [0.2, 0.25) is 0 Å². The molecule has 0 aliphatic heterocycles. The molecule has 2 aromatic heterocycles. The lowest BCUT2D eigenvalue weighted by Crippen LogP contribution is -2.07. The van der Waals surface area contributed by atoms with Crippen molar-refractivity contribution in [3.05, 3.63) is 51.9 Å². The third-order valence-electron chi connectivity index (χ3n) is 3.68. The highest BCUT2D eigenvalue weighted by Crippen LogP contribution is 2.37. The molecular formula is C17H15N3O4. The molecule has 24 heavy (non-hydrogen) atoms. The van der Waals surface area contributed by atoms with E-state index in [1.807, 2.05) is 13.0 Å². The van der Waals surface area contributed by atoms with Gasteiger partial charge in [0.05, 0.1) is 22.8 Å². The van der Waals surface area contributed by atoms with E-state index in [0.29, 0.717) is 22.5 Å². The Morgan fingerprint density at radius 3 is 2.71 bits per heavy atom. The summed E-state index contributed by atoms with van der Waals surface area (Å²) in [5.74, 6) is 0.0224. The second-order valence-electron chi connectivity index (χ2n) is 5.57. The quantitative estimate of drug-likeness (QED) is 0.580. The van der Waals surface area contributed by atoms with E-state index in [1.54, 1.807) is 19.1 Å². The lowest BCUT2D eigenvalue weighted by Gasteiger charge is -2.11. The van der Waals surface area contributed by atoms with Crippen LogP contribution in [0.5, 0.6) is 0 Å². The molecule has 0 spiro atoms.